The molecule has 0 aliphatic heterocycles. The molecule has 0 bridgehead atoms. The number of imidazole rings is 1. The monoisotopic (exact) mass is 423 g/mol. The fraction of sp³-hybridized carbons (Fsp3) is 0.632. The molecule has 10 heteroatoms. The number of nitrogens with zero attached hydrogens (tertiary/aromatic N) is 4. The van der Waals surface area contributed by atoms with E-state index in [-0.39, 0.29) is 17.7 Å². The topological polar surface area (TPSA) is 108 Å². The van der Waals surface area contributed by atoms with Crippen molar-refractivity contribution in [2.75, 3.05) is 13.7 Å². The lowest BCUT2D eigenvalue weighted by Gasteiger charge is -2.39. The van der Waals surface area contributed by atoms with Gasteiger partial charge >= 0.3 is 12.1 Å². The molecule has 1 amide bonds. The van der Waals surface area contributed by atoms with Gasteiger partial charge in [0.15, 0.2) is 5.65 Å². The highest BCUT2D eigenvalue weighted by Crippen LogP contribution is 2.38. The predicted molar refractivity (Wildman–Crippen MR) is 107 cm³/mol. The van der Waals surface area contributed by atoms with Gasteiger partial charge in [-0.25, -0.2) is 19.6 Å². The van der Waals surface area contributed by atoms with E-state index in [0.29, 0.717) is 11.2 Å². The van der Waals surface area contributed by atoms with E-state index in [1.165, 1.54) is 13.3 Å². The average Bonchev–Trinajstić information content (AvgIpc) is 3.04. The van der Waals surface area contributed by atoms with Crippen LogP contribution in [0.25, 0.3) is 11.2 Å². The zero-order valence-corrected chi connectivity index (χ0v) is 17.9. The Hall–Kier alpha value is -2.42. The fourth-order valence-corrected chi connectivity index (χ4v) is 3.90. The van der Waals surface area contributed by atoms with Gasteiger partial charge in [-0.3, -0.25) is 4.57 Å². The molecule has 2 heterocycles. The Kier molecular flexibility index (Phi) is 5.97. The van der Waals surface area contributed by atoms with Crippen molar-refractivity contribution >= 4 is 34.8 Å². The molecule has 158 valence electrons. The number of amides is 1. The molecule has 0 radical (unpaired) electrons. The molecule has 0 saturated heterocycles. The van der Waals surface area contributed by atoms with Gasteiger partial charge in [-0.05, 0) is 45.2 Å². The minimum absolute atomic E-state index is 0.0566. The van der Waals surface area contributed by atoms with Crippen LogP contribution < -0.4 is 5.32 Å². The van der Waals surface area contributed by atoms with Crippen LogP contribution in [0, 0.1) is 0 Å². The maximum Gasteiger partial charge on any atom is 0.407 e. The van der Waals surface area contributed by atoms with E-state index in [2.05, 4.69) is 20.3 Å². The molecule has 3 rings (SSSR count). The molecule has 1 N–H and O–H groups in total. The van der Waals surface area contributed by atoms with Crippen molar-refractivity contribution in [1.29, 1.82) is 0 Å². The number of rotatable bonds is 4. The minimum atomic E-state index is -0.608. The molecule has 29 heavy (non-hydrogen) atoms. The molecular weight excluding hydrogens is 398 g/mol. The third-order valence-electron chi connectivity index (χ3n) is 4.96. The maximum absolute atomic E-state index is 12.5. The number of methoxy groups -OCH3 is 1. The van der Waals surface area contributed by atoms with Gasteiger partial charge in [-0.1, -0.05) is 19.3 Å². The van der Waals surface area contributed by atoms with Crippen LogP contribution in [-0.2, 0) is 15.0 Å². The van der Waals surface area contributed by atoms with Crippen molar-refractivity contribution in [3.63, 3.8) is 0 Å². The van der Waals surface area contributed by atoms with Gasteiger partial charge in [-0.15, -0.1) is 0 Å². The highest BCUT2D eigenvalue weighted by Gasteiger charge is 2.40. The van der Waals surface area contributed by atoms with Crippen LogP contribution >= 0.6 is 11.6 Å². The Morgan fingerprint density at radius 2 is 1.93 bits per heavy atom. The number of alkyl carbamates (subject to hydrolysis) is 1. The van der Waals surface area contributed by atoms with E-state index in [9.17, 15) is 9.59 Å². The number of hydrogen-bond acceptors (Lipinski definition) is 7. The summed E-state index contributed by atoms with van der Waals surface area (Å²) in [5.41, 5.74) is -0.329. The highest BCUT2D eigenvalue weighted by atomic mass is 35.5. The van der Waals surface area contributed by atoms with Crippen molar-refractivity contribution in [2.24, 2.45) is 0 Å². The largest absolute Gasteiger partial charge is 0.463 e. The molecule has 0 unspecified atom stereocenters. The van der Waals surface area contributed by atoms with Crippen LogP contribution in [0.1, 0.15) is 63.5 Å². The molecule has 1 fully saturated rings. The molecule has 0 atom stereocenters. The second-order valence-electron chi connectivity index (χ2n) is 8.25. The smallest absolute Gasteiger partial charge is 0.407 e. The normalized spacial score (nSPS) is 16.4. The third kappa shape index (κ3) is 4.60. The fourth-order valence-electron chi connectivity index (χ4n) is 3.77. The summed E-state index contributed by atoms with van der Waals surface area (Å²) in [5, 5.41) is 2.92. The molecule has 1 saturated carbocycles. The number of fused-ring (bicyclic) bond motifs is 1. The average molecular weight is 424 g/mol. The number of aromatic nitrogens is 4. The third-order valence-corrected chi connectivity index (χ3v) is 5.14. The van der Waals surface area contributed by atoms with Gasteiger partial charge in [0.2, 0.25) is 11.1 Å². The van der Waals surface area contributed by atoms with Crippen molar-refractivity contribution in [1.82, 2.24) is 24.8 Å². The number of esters is 1. The van der Waals surface area contributed by atoms with Gasteiger partial charge in [0.1, 0.15) is 11.1 Å². The first kappa shape index (κ1) is 21.3. The van der Waals surface area contributed by atoms with Crippen LogP contribution in [0.15, 0.2) is 6.20 Å². The number of hydrogen-bond donors (Lipinski definition) is 1. The van der Waals surface area contributed by atoms with Gasteiger partial charge in [0, 0.05) is 6.54 Å². The first-order valence-electron chi connectivity index (χ1n) is 9.62. The van der Waals surface area contributed by atoms with Gasteiger partial charge < -0.3 is 14.8 Å². The summed E-state index contributed by atoms with van der Waals surface area (Å²) in [4.78, 5) is 37.5. The predicted octanol–water partition coefficient (Wildman–Crippen LogP) is 3.45. The Morgan fingerprint density at radius 3 is 2.55 bits per heavy atom. The maximum atomic E-state index is 12.5. The number of ether oxygens (including phenoxy) is 2. The van der Waals surface area contributed by atoms with Crippen LogP contribution in [0.4, 0.5) is 4.79 Å². The summed E-state index contributed by atoms with van der Waals surface area (Å²) in [7, 11) is 1.30. The van der Waals surface area contributed by atoms with Crippen LogP contribution in [0.2, 0.25) is 5.28 Å². The summed E-state index contributed by atoms with van der Waals surface area (Å²) in [5.74, 6) is -0.465. The van der Waals surface area contributed by atoms with Crippen molar-refractivity contribution in [2.45, 2.75) is 64.0 Å². The van der Waals surface area contributed by atoms with Crippen molar-refractivity contribution in [3.8, 4) is 0 Å². The molecule has 1 aliphatic carbocycles. The van der Waals surface area contributed by atoms with E-state index in [1.807, 2.05) is 0 Å². The number of halogens is 1. The van der Waals surface area contributed by atoms with E-state index in [1.54, 1.807) is 25.3 Å². The molecule has 9 nitrogen and oxygen atoms in total. The number of nitrogens with one attached hydrogen (secondary N) is 1. The molecule has 0 aromatic carbocycles. The highest BCUT2D eigenvalue weighted by molar-refractivity contribution is 6.28. The minimum Gasteiger partial charge on any atom is -0.463 e. The zero-order valence-electron chi connectivity index (χ0n) is 17.1. The summed E-state index contributed by atoms with van der Waals surface area (Å²) in [6.07, 6.45) is 5.39. The van der Waals surface area contributed by atoms with E-state index in [0.717, 1.165) is 32.1 Å². The Morgan fingerprint density at radius 1 is 1.24 bits per heavy atom. The summed E-state index contributed by atoms with van der Waals surface area (Å²) in [6.45, 7) is 5.68. The van der Waals surface area contributed by atoms with Gasteiger partial charge in [0.25, 0.3) is 0 Å². The van der Waals surface area contributed by atoms with Crippen molar-refractivity contribution < 1.29 is 19.1 Å². The lowest BCUT2D eigenvalue weighted by Crippen LogP contribution is -2.48. The Bertz CT molecular complexity index is 915. The Labute approximate surface area is 174 Å². The van der Waals surface area contributed by atoms with E-state index in [4.69, 9.17) is 21.1 Å². The van der Waals surface area contributed by atoms with Crippen molar-refractivity contribution in [3.05, 3.63) is 17.3 Å². The second-order valence-corrected chi connectivity index (χ2v) is 8.59. The lowest BCUT2D eigenvalue weighted by atomic mass is 9.81. The molecule has 1 aliphatic rings. The SMILES string of the molecule is COC(=O)c1nc2cnc(Cl)nc2n1C1(CNC(=O)OC(C)(C)C)CCCCC1. The molecule has 0 spiro atoms. The second kappa shape index (κ2) is 8.14. The van der Waals surface area contributed by atoms with E-state index < -0.39 is 23.2 Å². The zero-order chi connectivity index (χ0) is 21.2. The van der Waals surface area contributed by atoms with Crippen LogP contribution in [0.5, 0.6) is 0 Å². The summed E-state index contributed by atoms with van der Waals surface area (Å²) >= 11 is 6.03. The quantitative estimate of drug-likeness (QED) is 0.592. The standard InChI is InChI=1S/C19H26ClN5O4/c1-18(2,3)29-17(27)22-11-19(8-6-5-7-9-19)25-13-12(10-21-16(20)24-13)23-14(25)15(26)28-4/h10H,5-9,11H2,1-4H3,(H,22,27). The first-order chi connectivity index (χ1) is 13.6. The van der Waals surface area contributed by atoms with E-state index >= 15 is 0 Å². The Balaban J connectivity index is 2.06. The first-order valence-corrected chi connectivity index (χ1v) is 10.00. The molecule has 2 aromatic heterocycles. The lowest BCUT2D eigenvalue weighted by molar-refractivity contribution is 0.0481. The molecular formula is C19H26ClN5O4. The summed E-state index contributed by atoms with van der Waals surface area (Å²) in [6, 6.07) is 0. The van der Waals surface area contributed by atoms with Gasteiger partial charge in [0.05, 0.1) is 18.8 Å². The van der Waals surface area contributed by atoms with Crippen LogP contribution in [-0.4, -0.2) is 50.8 Å². The van der Waals surface area contributed by atoms with Gasteiger partial charge in [-0.2, -0.15) is 4.98 Å². The van der Waals surface area contributed by atoms with Crippen LogP contribution in [0.3, 0.4) is 0 Å². The molecule has 2 aromatic rings. The number of carbonyl (C=O) groups is 2. The summed E-state index contributed by atoms with van der Waals surface area (Å²) < 4.78 is 12.1. The number of carbonyl (C=O) groups excluding carboxylic acids is 2.